The van der Waals surface area contributed by atoms with Gasteiger partial charge in [0.05, 0.1) is 23.9 Å². The van der Waals surface area contributed by atoms with Crippen LogP contribution in [0.2, 0.25) is 0 Å². The molecule has 172 valence electrons. The molecule has 1 unspecified atom stereocenters. The number of rotatable bonds is 5. The van der Waals surface area contributed by atoms with Crippen molar-refractivity contribution in [1.29, 1.82) is 0 Å². The van der Waals surface area contributed by atoms with Crippen LogP contribution in [0.3, 0.4) is 0 Å². The van der Waals surface area contributed by atoms with E-state index in [1.165, 1.54) is 15.4 Å². The van der Waals surface area contributed by atoms with Crippen LogP contribution in [-0.2, 0) is 21.5 Å². The van der Waals surface area contributed by atoms with E-state index in [4.69, 9.17) is 0 Å². The monoisotopic (exact) mass is 446 g/mol. The molecule has 2 aliphatic rings. The zero-order valence-electron chi connectivity index (χ0n) is 19.5. The van der Waals surface area contributed by atoms with Gasteiger partial charge in [0.2, 0.25) is 5.91 Å². The number of hydrogen-bond donors (Lipinski definition) is 2. The van der Waals surface area contributed by atoms with E-state index in [0.717, 1.165) is 11.1 Å². The average molecular weight is 447 g/mol. The molecule has 4 rings (SSSR count). The fourth-order valence-electron chi connectivity index (χ4n) is 4.20. The number of carbonyl (C=O) groups excluding carboxylic acids is 3. The molecule has 0 radical (unpaired) electrons. The molecule has 1 atom stereocenters. The molecule has 4 amide bonds. The van der Waals surface area contributed by atoms with Gasteiger partial charge in [-0.2, -0.15) is 0 Å². The van der Waals surface area contributed by atoms with E-state index in [2.05, 4.69) is 31.4 Å². The van der Waals surface area contributed by atoms with Crippen molar-refractivity contribution in [3.05, 3.63) is 82.6 Å². The van der Waals surface area contributed by atoms with Gasteiger partial charge in [0, 0.05) is 13.6 Å². The summed E-state index contributed by atoms with van der Waals surface area (Å²) in [7, 11) is 1.65. The van der Waals surface area contributed by atoms with Crippen molar-refractivity contribution in [2.24, 2.45) is 0 Å². The third-order valence-electron chi connectivity index (χ3n) is 6.21. The van der Waals surface area contributed by atoms with Crippen LogP contribution in [0, 0.1) is 0 Å². The molecule has 0 saturated carbocycles. The highest BCUT2D eigenvalue weighted by atomic mass is 16.2. The number of nitrogens with one attached hydrogen (secondary N) is 2. The Balaban J connectivity index is 1.50. The molecule has 7 heteroatoms. The van der Waals surface area contributed by atoms with Gasteiger partial charge in [0.1, 0.15) is 6.54 Å². The lowest BCUT2D eigenvalue weighted by Crippen LogP contribution is -2.45. The van der Waals surface area contributed by atoms with Crippen LogP contribution in [0.4, 0.5) is 4.79 Å². The van der Waals surface area contributed by atoms with Gasteiger partial charge < -0.3 is 15.5 Å². The predicted molar refractivity (Wildman–Crippen MR) is 126 cm³/mol. The number of likely N-dealkylation sites (N-methyl/N-ethyl adjacent to an activating group) is 1. The molecule has 0 aromatic heterocycles. The first-order valence-corrected chi connectivity index (χ1v) is 11.1. The fraction of sp³-hybridized carbons (Fsp3) is 0.346. The number of benzene rings is 2. The lowest BCUT2D eigenvalue weighted by atomic mass is 9.85. The maximum Gasteiger partial charge on any atom is 0.322 e. The molecule has 0 bridgehead atoms. The number of urea groups is 1. The SMILES string of the molecule is CN1C(=O)NC(c2ccc(C(C)(C)C)cc2)C2=C1CN(CC(=O)NCc1ccccc1)C2=O. The third kappa shape index (κ3) is 4.62. The van der Waals surface area contributed by atoms with Gasteiger partial charge in [-0.1, -0.05) is 75.4 Å². The third-order valence-corrected chi connectivity index (χ3v) is 6.21. The molecule has 2 aliphatic heterocycles. The van der Waals surface area contributed by atoms with Crippen molar-refractivity contribution in [3.63, 3.8) is 0 Å². The summed E-state index contributed by atoms with van der Waals surface area (Å²) in [4.78, 5) is 41.4. The smallest absolute Gasteiger partial charge is 0.322 e. The van der Waals surface area contributed by atoms with Crippen LogP contribution in [-0.4, -0.2) is 47.8 Å². The Morgan fingerprint density at radius 3 is 2.36 bits per heavy atom. The van der Waals surface area contributed by atoms with Crippen molar-refractivity contribution in [3.8, 4) is 0 Å². The zero-order chi connectivity index (χ0) is 23.8. The molecule has 0 saturated heterocycles. The van der Waals surface area contributed by atoms with Gasteiger partial charge in [-0.25, -0.2) is 4.79 Å². The standard InChI is InChI=1S/C26H30N4O3/c1-26(2,3)19-12-10-18(11-13-19)23-22-20(29(4)25(33)28-23)15-30(24(22)32)16-21(31)27-14-17-8-6-5-7-9-17/h5-13,23H,14-16H2,1-4H3,(H,27,31)(H,28,33). The average Bonchev–Trinajstić information content (AvgIpc) is 3.11. The second kappa shape index (κ2) is 8.73. The Labute approximate surface area is 194 Å². The molecule has 0 spiro atoms. The molecular weight excluding hydrogens is 416 g/mol. The van der Waals surface area contributed by atoms with Gasteiger partial charge in [0.15, 0.2) is 0 Å². The minimum Gasteiger partial charge on any atom is -0.350 e. The first kappa shape index (κ1) is 22.6. The van der Waals surface area contributed by atoms with Gasteiger partial charge in [-0.3, -0.25) is 14.5 Å². The Morgan fingerprint density at radius 1 is 1.06 bits per heavy atom. The van der Waals surface area contributed by atoms with Gasteiger partial charge >= 0.3 is 6.03 Å². The highest BCUT2D eigenvalue weighted by Crippen LogP contribution is 2.36. The number of nitrogens with zero attached hydrogens (tertiary/aromatic N) is 2. The van der Waals surface area contributed by atoms with Crippen molar-refractivity contribution in [2.75, 3.05) is 20.1 Å². The maximum absolute atomic E-state index is 13.3. The molecule has 2 heterocycles. The molecule has 2 aromatic rings. The summed E-state index contributed by atoms with van der Waals surface area (Å²) in [5, 5.41) is 5.81. The van der Waals surface area contributed by atoms with Crippen molar-refractivity contribution in [1.82, 2.24) is 20.4 Å². The second-order valence-corrected chi connectivity index (χ2v) is 9.60. The Hall–Kier alpha value is -3.61. The molecule has 0 aliphatic carbocycles. The summed E-state index contributed by atoms with van der Waals surface area (Å²) in [5.74, 6) is -0.461. The molecule has 33 heavy (non-hydrogen) atoms. The minimum atomic E-state index is -0.539. The van der Waals surface area contributed by atoms with Crippen LogP contribution in [0.1, 0.15) is 43.5 Å². The van der Waals surface area contributed by atoms with Crippen LogP contribution >= 0.6 is 0 Å². The summed E-state index contributed by atoms with van der Waals surface area (Å²) >= 11 is 0. The first-order chi connectivity index (χ1) is 15.6. The fourth-order valence-corrected chi connectivity index (χ4v) is 4.20. The quantitative estimate of drug-likeness (QED) is 0.741. The Morgan fingerprint density at radius 2 is 1.73 bits per heavy atom. The van der Waals surface area contributed by atoms with E-state index in [0.29, 0.717) is 17.8 Å². The van der Waals surface area contributed by atoms with Gasteiger partial charge in [-0.05, 0) is 22.1 Å². The van der Waals surface area contributed by atoms with E-state index >= 15 is 0 Å². The lowest BCUT2D eigenvalue weighted by molar-refractivity contribution is -0.132. The maximum atomic E-state index is 13.3. The number of amides is 4. The Bertz CT molecular complexity index is 1100. The summed E-state index contributed by atoms with van der Waals surface area (Å²) in [6.45, 7) is 6.99. The van der Waals surface area contributed by atoms with Crippen molar-refractivity contribution >= 4 is 17.8 Å². The van der Waals surface area contributed by atoms with Gasteiger partial charge in [0.25, 0.3) is 5.91 Å². The van der Waals surface area contributed by atoms with Gasteiger partial charge in [-0.15, -0.1) is 0 Å². The summed E-state index contributed by atoms with van der Waals surface area (Å²) in [5.41, 5.74) is 4.19. The van der Waals surface area contributed by atoms with Crippen LogP contribution < -0.4 is 10.6 Å². The summed E-state index contributed by atoms with van der Waals surface area (Å²) < 4.78 is 0. The molecule has 0 fully saturated rings. The summed E-state index contributed by atoms with van der Waals surface area (Å²) in [6, 6.07) is 16.8. The lowest BCUT2D eigenvalue weighted by Gasteiger charge is -2.31. The van der Waals surface area contributed by atoms with E-state index in [-0.39, 0.29) is 36.3 Å². The molecule has 2 N–H and O–H groups in total. The van der Waals surface area contributed by atoms with E-state index in [1.54, 1.807) is 7.05 Å². The highest BCUT2D eigenvalue weighted by Gasteiger charge is 2.43. The van der Waals surface area contributed by atoms with E-state index in [9.17, 15) is 14.4 Å². The molecule has 7 nitrogen and oxygen atoms in total. The van der Waals surface area contributed by atoms with E-state index in [1.807, 2.05) is 54.6 Å². The van der Waals surface area contributed by atoms with Crippen molar-refractivity contribution < 1.29 is 14.4 Å². The van der Waals surface area contributed by atoms with Crippen LogP contribution in [0.15, 0.2) is 65.9 Å². The number of hydrogen-bond acceptors (Lipinski definition) is 3. The zero-order valence-corrected chi connectivity index (χ0v) is 19.5. The highest BCUT2D eigenvalue weighted by molar-refractivity contribution is 6.02. The van der Waals surface area contributed by atoms with Crippen LogP contribution in [0.5, 0.6) is 0 Å². The first-order valence-electron chi connectivity index (χ1n) is 11.1. The van der Waals surface area contributed by atoms with E-state index < -0.39 is 6.04 Å². The molecule has 2 aromatic carbocycles. The molecular formula is C26H30N4O3. The minimum absolute atomic E-state index is 0.00603. The normalized spacial score (nSPS) is 18.4. The summed E-state index contributed by atoms with van der Waals surface area (Å²) in [6.07, 6.45) is 0. The number of carbonyl (C=O) groups is 3. The van der Waals surface area contributed by atoms with Crippen molar-refractivity contribution in [2.45, 2.75) is 38.8 Å². The largest absolute Gasteiger partial charge is 0.350 e. The predicted octanol–water partition coefficient (Wildman–Crippen LogP) is 3.09. The topological polar surface area (TPSA) is 81.8 Å². The Kier molecular flexibility index (Phi) is 5.97. The van der Waals surface area contributed by atoms with Crippen LogP contribution in [0.25, 0.3) is 0 Å². The second-order valence-electron chi connectivity index (χ2n) is 9.60.